The topological polar surface area (TPSA) is 85.0 Å². The third-order valence-corrected chi connectivity index (χ3v) is 5.36. The van der Waals surface area contributed by atoms with Gasteiger partial charge in [0.05, 0.1) is 17.9 Å². The van der Waals surface area contributed by atoms with Crippen molar-refractivity contribution in [1.82, 2.24) is 19.9 Å². The Morgan fingerprint density at radius 2 is 2.27 bits per heavy atom. The van der Waals surface area contributed by atoms with Crippen molar-refractivity contribution in [2.45, 2.75) is 31.7 Å². The fourth-order valence-corrected chi connectivity index (χ4v) is 3.88. The van der Waals surface area contributed by atoms with E-state index in [2.05, 4.69) is 33.7 Å². The molecule has 1 aliphatic rings. The third kappa shape index (κ3) is 3.21. The van der Waals surface area contributed by atoms with E-state index in [4.69, 9.17) is 0 Å². The maximum absolute atomic E-state index is 11.7. The van der Waals surface area contributed by atoms with E-state index in [1.54, 1.807) is 0 Å². The molecular weight excluding hydrogens is 300 g/mol. The van der Waals surface area contributed by atoms with Gasteiger partial charge >= 0.3 is 0 Å². The van der Waals surface area contributed by atoms with E-state index in [9.17, 15) is 9.90 Å². The summed E-state index contributed by atoms with van der Waals surface area (Å²) in [4.78, 5) is 23.8. The highest BCUT2D eigenvalue weighted by molar-refractivity contribution is 7.99. The van der Waals surface area contributed by atoms with Crippen molar-refractivity contribution in [3.63, 3.8) is 0 Å². The standard InChI is InChI=1S/C15H22N4O2S/c1-9(2)22-7-11-5-19(6-12(11)20)4-10-3-16-14-13(10)17-8-18-15(14)21/h3,8-9,11-12,16,20H,4-7H2,1-2H3,(H,17,18,21)/t11-,12+/m1/s1. The van der Waals surface area contributed by atoms with E-state index in [0.717, 1.165) is 23.4 Å². The highest BCUT2D eigenvalue weighted by Gasteiger charge is 2.31. The van der Waals surface area contributed by atoms with Gasteiger partial charge in [0.25, 0.3) is 5.56 Å². The third-order valence-electron chi connectivity index (χ3n) is 4.07. The van der Waals surface area contributed by atoms with E-state index >= 15 is 0 Å². The fraction of sp³-hybridized carbons (Fsp3) is 0.600. The molecule has 1 aliphatic heterocycles. The molecule has 0 aromatic carbocycles. The van der Waals surface area contributed by atoms with Crippen LogP contribution in [-0.4, -0.2) is 55.2 Å². The summed E-state index contributed by atoms with van der Waals surface area (Å²) in [6, 6.07) is 0. The smallest absolute Gasteiger partial charge is 0.275 e. The Bertz CT molecular complexity index is 696. The average molecular weight is 322 g/mol. The van der Waals surface area contributed by atoms with Gasteiger partial charge in [0.15, 0.2) is 0 Å². The van der Waals surface area contributed by atoms with Crippen LogP contribution in [-0.2, 0) is 6.54 Å². The number of nitrogens with zero attached hydrogens (tertiary/aromatic N) is 2. The number of rotatable bonds is 5. The lowest BCUT2D eigenvalue weighted by Gasteiger charge is -2.15. The molecule has 6 nitrogen and oxygen atoms in total. The Morgan fingerprint density at radius 3 is 3.05 bits per heavy atom. The number of aromatic nitrogens is 3. The molecule has 0 saturated carbocycles. The van der Waals surface area contributed by atoms with Gasteiger partial charge in [-0.05, 0) is 5.25 Å². The molecule has 0 amide bonds. The number of likely N-dealkylation sites (tertiary alicyclic amines) is 1. The molecule has 0 spiro atoms. The van der Waals surface area contributed by atoms with Crippen molar-refractivity contribution >= 4 is 22.8 Å². The van der Waals surface area contributed by atoms with Crippen LogP contribution in [0.2, 0.25) is 0 Å². The first-order chi connectivity index (χ1) is 10.5. The first-order valence-electron chi connectivity index (χ1n) is 7.60. The van der Waals surface area contributed by atoms with E-state index in [1.165, 1.54) is 6.33 Å². The van der Waals surface area contributed by atoms with Crippen LogP contribution < -0.4 is 5.56 Å². The number of β-amino-alcohol motifs (C(OH)–C–C–N with tert-alkyl or cyclic N) is 1. The zero-order chi connectivity index (χ0) is 15.7. The van der Waals surface area contributed by atoms with Crippen LogP contribution in [0.4, 0.5) is 0 Å². The first kappa shape index (κ1) is 15.6. The predicted molar refractivity (Wildman–Crippen MR) is 89.1 cm³/mol. The number of hydrogen-bond acceptors (Lipinski definition) is 5. The van der Waals surface area contributed by atoms with Crippen molar-refractivity contribution in [1.29, 1.82) is 0 Å². The summed E-state index contributed by atoms with van der Waals surface area (Å²) >= 11 is 1.90. The summed E-state index contributed by atoms with van der Waals surface area (Å²) < 4.78 is 0. The lowest BCUT2D eigenvalue weighted by molar-refractivity contribution is 0.149. The number of hydrogen-bond donors (Lipinski definition) is 3. The summed E-state index contributed by atoms with van der Waals surface area (Å²) in [7, 11) is 0. The van der Waals surface area contributed by atoms with Crippen LogP contribution in [0.5, 0.6) is 0 Å². The molecule has 0 aliphatic carbocycles. The number of H-pyrrole nitrogens is 2. The highest BCUT2D eigenvalue weighted by atomic mass is 32.2. The van der Waals surface area contributed by atoms with Crippen molar-refractivity contribution in [3.05, 3.63) is 28.4 Å². The second kappa shape index (κ2) is 6.44. The van der Waals surface area contributed by atoms with Crippen molar-refractivity contribution in [2.24, 2.45) is 5.92 Å². The number of aliphatic hydroxyl groups excluding tert-OH is 1. The summed E-state index contributed by atoms with van der Waals surface area (Å²) in [5, 5.41) is 10.8. The predicted octanol–water partition coefficient (Wildman–Crippen LogP) is 1.19. The monoisotopic (exact) mass is 322 g/mol. The minimum atomic E-state index is -0.271. The average Bonchev–Trinajstić information content (AvgIpc) is 3.02. The zero-order valence-corrected chi connectivity index (χ0v) is 13.7. The largest absolute Gasteiger partial charge is 0.391 e. The molecule has 2 aromatic heterocycles. The Morgan fingerprint density at radius 1 is 1.45 bits per heavy atom. The quantitative estimate of drug-likeness (QED) is 0.770. The molecule has 2 aromatic rings. The van der Waals surface area contributed by atoms with Crippen LogP contribution in [0.15, 0.2) is 17.3 Å². The molecule has 120 valence electrons. The number of fused-ring (bicyclic) bond motifs is 1. The van der Waals surface area contributed by atoms with Gasteiger partial charge in [0.1, 0.15) is 5.52 Å². The van der Waals surface area contributed by atoms with Gasteiger partial charge in [0.2, 0.25) is 0 Å². The summed E-state index contributed by atoms with van der Waals surface area (Å²) in [5.41, 5.74) is 2.09. The van der Waals surface area contributed by atoms with E-state index < -0.39 is 0 Å². The van der Waals surface area contributed by atoms with Crippen LogP contribution in [0.1, 0.15) is 19.4 Å². The van der Waals surface area contributed by atoms with Gasteiger partial charge in [-0.15, -0.1) is 0 Å². The normalized spacial score (nSPS) is 22.9. The van der Waals surface area contributed by atoms with Crippen LogP contribution in [0.25, 0.3) is 11.0 Å². The zero-order valence-electron chi connectivity index (χ0n) is 12.9. The number of aromatic amines is 2. The number of thioether (sulfide) groups is 1. The second-order valence-electron chi connectivity index (χ2n) is 6.17. The molecule has 0 radical (unpaired) electrons. The highest BCUT2D eigenvalue weighted by Crippen LogP contribution is 2.25. The van der Waals surface area contributed by atoms with E-state index in [1.807, 2.05) is 18.0 Å². The molecule has 1 saturated heterocycles. The molecule has 0 unspecified atom stereocenters. The van der Waals surface area contributed by atoms with Crippen molar-refractivity contribution < 1.29 is 5.11 Å². The molecule has 22 heavy (non-hydrogen) atoms. The molecule has 1 fully saturated rings. The first-order valence-corrected chi connectivity index (χ1v) is 8.65. The summed E-state index contributed by atoms with van der Waals surface area (Å²) in [5.74, 6) is 1.30. The molecular formula is C15H22N4O2S. The Balaban J connectivity index is 1.68. The van der Waals surface area contributed by atoms with Gasteiger partial charge in [-0.25, -0.2) is 4.98 Å². The minimum absolute atomic E-state index is 0.149. The van der Waals surface area contributed by atoms with Gasteiger partial charge in [-0.3, -0.25) is 9.69 Å². The molecule has 3 rings (SSSR count). The van der Waals surface area contributed by atoms with Crippen LogP contribution in [0, 0.1) is 5.92 Å². The maximum atomic E-state index is 11.7. The Kier molecular flexibility index (Phi) is 4.56. The lowest BCUT2D eigenvalue weighted by atomic mass is 10.1. The van der Waals surface area contributed by atoms with Gasteiger partial charge < -0.3 is 15.1 Å². The number of nitrogens with one attached hydrogen (secondary N) is 2. The van der Waals surface area contributed by atoms with Gasteiger partial charge in [0, 0.05) is 43.1 Å². The molecule has 0 bridgehead atoms. The van der Waals surface area contributed by atoms with Crippen molar-refractivity contribution in [3.8, 4) is 0 Å². The SMILES string of the molecule is CC(C)SC[C@H]1CN(Cc2c[nH]c3c(=O)[nH]cnc23)C[C@@H]1O. The summed E-state index contributed by atoms with van der Waals surface area (Å²) in [6.45, 7) is 6.63. The second-order valence-corrected chi connectivity index (χ2v) is 7.78. The Hall–Kier alpha value is -1.31. The van der Waals surface area contributed by atoms with E-state index in [-0.39, 0.29) is 11.7 Å². The van der Waals surface area contributed by atoms with E-state index in [0.29, 0.717) is 29.8 Å². The molecule has 3 heterocycles. The molecule has 2 atom stereocenters. The van der Waals surface area contributed by atoms with Crippen molar-refractivity contribution in [2.75, 3.05) is 18.8 Å². The van der Waals surface area contributed by atoms with Gasteiger partial charge in [-0.1, -0.05) is 13.8 Å². The maximum Gasteiger partial charge on any atom is 0.275 e. The molecule has 3 N–H and O–H groups in total. The minimum Gasteiger partial charge on any atom is -0.391 e. The number of aliphatic hydroxyl groups is 1. The van der Waals surface area contributed by atoms with Crippen LogP contribution in [0.3, 0.4) is 0 Å². The molecule has 7 heteroatoms. The fourth-order valence-electron chi connectivity index (χ4n) is 2.92. The lowest BCUT2D eigenvalue weighted by Crippen LogP contribution is -2.21. The van der Waals surface area contributed by atoms with Gasteiger partial charge in [-0.2, -0.15) is 11.8 Å². The summed E-state index contributed by atoms with van der Waals surface area (Å²) in [6.07, 6.45) is 3.01. The van der Waals surface area contributed by atoms with Crippen LogP contribution >= 0.6 is 11.8 Å². The Labute approximate surface area is 133 Å².